The van der Waals surface area contributed by atoms with E-state index in [0.29, 0.717) is 5.89 Å². The minimum atomic E-state index is -3.77. The third-order valence-corrected chi connectivity index (χ3v) is 4.13. The summed E-state index contributed by atoms with van der Waals surface area (Å²) in [6.45, 7) is 1.51. The van der Waals surface area contributed by atoms with Gasteiger partial charge in [-0.3, -0.25) is 0 Å². The summed E-state index contributed by atoms with van der Waals surface area (Å²) in [5, 5.41) is 3.66. The van der Waals surface area contributed by atoms with E-state index in [2.05, 4.69) is 19.8 Å². The number of halogens is 2. The second-order valence-electron chi connectivity index (χ2n) is 3.50. The molecule has 0 aliphatic carbocycles. The zero-order valence-electron chi connectivity index (χ0n) is 9.59. The van der Waals surface area contributed by atoms with Gasteiger partial charge in [0, 0.05) is 13.1 Å². The van der Waals surface area contributed by atoms with Crippen LogP contribution >= 0.6 is 23.2 Å². The van der Waals surface area contributed by atoms with E-state index in [1.165, 1.54) is 6.07 Å². The molecule has 0 saturated heterocycles. The number of aryl methyl sites for hydroxylation is 1. The fourth-order valence-corrected chi connectivity index (χ4v) is 2.49. The normalized spacial score (nSPS) is 11.7. The van der Waals surface area contributed by atoms with Gasteiger partial charge in [0.2, 0.25) is 15.9 Å². The minimum absolute atomic E-state index is 0.0365. The maximum Gasteiger partial charge on any atom is 0.242 e. The van der Waals surface area contributed by atoms with E-state index in [1.807, 2.05) is 0 Å². The molecule has 0 aliphatic heterocycles. The van der Waals surface area contributed by atoms with Gasteiger partial charge in [0.25, 0.3) is 0 Å². The zero-order valence-corrected chi connectivity index (χ0v) is 11.9. The SMILES string of the molecule is Cc1nc(CNS(=O)(=O)c2cnc(Cl)c(Cl)c2)no1. The Morgan fingerprint density at radius 2 is 2.16 bits per heavy atom. The average molecular weight is 323 g/mol. The number of pyridine rings is 1. The van der Waals surface area contributed by atoms with Crippen LogP contribution < -0.4 is 4.72 Å². The Labute approximate surface area is 119 Å². The lowest BCUT2D eigenvalue weighted by molar-refractivity contribution is 0.387. The lowest BCUT2D eigenvalue weighted by Crippen LogP contribution is -2.24. The Morgan fingerprint density at radius 1 is 1.42 bits per heavy atom. The topological polar surface area (TPSA) is 98.0 Å². The molecule has 10 heteroatoms. The molecule has 0 aliphatic rings. The van der Waals surface area contributed by atoms with Gasteiger partial charge in [-0.15, -0.1) is 0 Å². The van der Waals surface area contributed by atoms with Crippen molar-refractivity contribution >= 4 is 33.2 Å². The summed E-state index contributed by atoms with van der Waals surface area (Å²) in [6, 6.07) is 1.21. The molecule has 19 heavy (non-hydrogen) atoms. The number of nitrogens with zero attached hydrogens (tertiary/aromatic N) is 3. The van der Waals surface area contributed by atoms with Crippen LogP contribution in [0.5, 0.6) is 0 Å². The van der Waals surface area contributed by atoms with Crippen LogP contribution in [0.4, 0.5) is 0 Å². The maximum atomic E-state index is 11.9. The molecule has 2 aromatic heterocycles. The van der Waals surface area contributed by atoms with E-state index in [0.717, 1.165) is 6.20 Å². The van der Waals surface area contributed by atoms with E-state index >= 15 is 0 Å². The molecule has 2 rings (SSSR count). The highest BCUT2D eigenvalue weighted by Gasteiger charge is 2.17. The highest BCUT2D eigenvalue weighted by Crippen LogP contribution is 2.22. The Morgan fingerprint density at radius 3 is 2.74 bits per heavy atom. The first-order chi connectivity index (χ1) is 8.88. The molecule has 0 amide bonds. The van der Waals surface area contributed by atoms with E-state index in [1.54, 1.807) is 6.92 Å². The van der Waals surface area contributed by atoms with Crippen molar-refractivity contribution in [2.75, 3.05) is 0 Å². The van der Waals surface area contributed by atoms with E-state index < -0.39 is 10.0 Å². The monoisotopic (exact) mass is 322 g/mol. The van der Waals surface area contributed by atoms with Crippen molar-refractivity contribution in [2.45, 2.75) is 18.4 Å². The number of aromatic nitrogens is 3. The Bertz CT molecular complexity index is 701. The predicted octanol–water partition coefficient (Wildman–Crippen LogP) is 1.56. The van der Waals surface area contributed by atoms with Crippen molar-refractivity contribution in [1.82, 2.24) is 19.8 Å². The van der Waals surface area contributed by atoms with Crippen LogP contribution in [0.2, 0.25) is 10.2 Å². The molecule has 0 saturated carbocycles. The summed E-state index contributed by atoms with van der Waals surface area (Å²) in [5.41, 5.74) is 0. The Balaban J connectivity index is 2.16. The van der Waals surface area contributed by atoms with Crippen LogP contribution in [0.25, 0.3) is 0 Å². The van der Waals surface area contributed by atoms with E-state index in [9.17, 15) is 8.42 Å². The summed E-state index contributed by atoms with van der Waals surface area (Å²) in [6.07, 6.45) is 1.11. The standard InChI is InChI=1S/C9H8Cl2N4O3S/c1-5-14-8(15-18-5)4-13-19(16,17)6-2-7(10)9(11)12-3-6/h2-3,13H,4H2,1H3. The molecular formula is C9H8Cl2N4O3S. The fraction of sp³-hybridized carbons (Fsp3) is 0.222. The molecule has 0 aromatic carbocycles. The molecule has 0 spiro atoms. The van der Waals surface area contributed by atoms with E-state index in [4.69, 9.17) is 27.7 Å². The zero-order chi connectivity index (χ0) is 14.0. The third-order valence-electron chi connectivity index (χ3n) is 2.07. The van der Waals surface area contributed by atoms with Gasteiger partial charge in [-0.1, -0.05) is 28.4 Å². The summed E-state index contributed by atoms with van der Waals surface area (Å²) < 4.78 is 30.9. The van der Waals surface area contributed by atoms with Crippen molar-refractivity contribution in [2.24, 2.45) is 0 Å². The second kappa shape index (κ2) is 5.41. The van der Waals surface area contributed by atoms with Gasteiger partial charge < -0.3 is 4.52 Å². The molecule has 0 fully saturated rings. The fourth-order valence-electron chi connectivity index (χ4n) is 1.21. The van der Waals surface area contributed by atoms with Crippen molar-refractivity contribution in [3.8, 4) is 0 Å². The molecule has 1 N–H and O–H groups in total. The van der Waals surface area contributed by atoms with Crippen LogP contribution in [0.1, 0.15) is 11.7 Å². The van der Waals surface area contributed by atoms with Gasteiger partial charge in [0.1, 0.15) is 10.0 Å². The number of nitrogens with one attached hydrogen (secondary N) is 1. The summed E-state index contributed by atoms with van der Waals surface area (Å²) in [5.74, 6) is 0.583. The first-order valence-corrected chi connectivity index (χ1v) is 7.22. The van der Waals surface area contributed by atoms with Gasteiger partial charge in [-0.05, 0) is 6.07 Å². The van der Waals surface area contributed by atoms with Gasteiger partial charge in [0.15, 0.2) is 5.82 Å². The second-order valence-corrected chi connectivity index (χ2v) is 6.03. The highest BCUT2D eigenvalue weighted by molar-refractivity contribution is 7.89. The van der Waals surface area contributed by atoms with Crippen molar-refractivity contribution < 1.29 is 12.9 Å². The molecule has 0 radical (unpaired) electrons. The first kappa shape index (κ1) is 14.2. The minimum Gasteiger partial charge on any atom is -0.340 e. The largest absolute Gasteiger partial charge is 0.340 e. The first-order valence-electron chi connectivity index (χ1n) is 4.98. The van der Waals surface area contributed by atoms with Crippen LogP contribution in [-0.4, -0.2) is 23.5 Å². The molecule has 0 atom stereocenters. The van der Waals surface area contributed by atoms with Gasteiger partial charge >= 0.3 is 0 Å². The molecular weight excluding hydrogens is 315 g/mol. The smallest absolute Gasteiger partial charge is 0.242 e. The van der Waals surface area contributed by atoms with Crippen LogP contribution in [0, 0.1) is 6.92 Å². The quantitative estimate of drug-likeness (QED) is 0.858. The number of sulfonamides is 1. The summed E-state index contributed by atoms with van der Waals surface area (Å²) in [7, 11) is -3.77. The summed E-state index contributed by atoms with van der Waals surface area (Å²) >= 11 is 11.3. The average Bonchev–Trinajstić information content (AvgIpc) is 2.76. The van der Waals surface area contributed by atoms with Gasteiger partial charge in [-0.25, -0.2) is 18.1 Å². The third kappa shape index (κ3) is 3.41. The lowest BCUT2D eigenvalue weighted by Gasteiger charge is -2.05. The predicted molar refractivity (Wildman–Crippen MR) is 67.3 cm³/mol. The molecule has 2 heterocycles. The number of hydrogen-bond donors (Lipinski definition) is 1. The van der Waals surface area contributed by atoms with Crippen LogP contribution in [0.3, 0.4) is 0 Å². The van der Waals surface area contributed by atoms with Crippen LogP contribution in [-0.2, 0) is 16.6 Å². The molecule has 7 nitrogen and oxygen atoms in total. The van der Waals surface area contributed by atoms with E-state index in [-0.39, 0.29) is 27.4 Å². The summed E-state index contributed by atoms with van der Waals surface area (Å²) in [4.78, 5) is 7.44. The van der Waals surface area contributed by atoms with Crippen molar-refractivity contribution in [3.63, 3.8) is 0 Å². The molecule has 0 unspecified atom stereocenters. The Hall–Kier alpha value is -1.22. The number of hydrogen-bond acceptors (Lipinski definition) is 6. The molecule has 102 valence electrons. The van der Waals surface area contributed by atoms with Gasteiger partial charge in [0.05, 0.1) is 11.6 Å². The van der Waals surface area contributed by atoms with Gasteiger partial charge in [-0.2, -0.15) is 4.98 Å². The Kier molecular flexibility index (Phi) is 4.04. The maximum absolute atomic E-state index is 11.9. The number of rotatable bonds is 4. The molecule has 0 bridgehead atoms. The van der Waals surface area contributed by atoms with Crippen molar-refractivity contribution in [3.05, 3.63) is 34.2 Å². The lowest BCUT2D eigenvalue weighted by atomic mass is 10.5. The molecule has 2 aromatic rings. The van der Waals surface area contributed by atoms with Crippen LogP contribution in [0.15, 0.2) is 21.7 Å². The van der Waals surface area contributed by atoms with Crippen molar-refractivity contribution in [1.29, 1.82) is 0 Å². The highest BCUT2D eigenvalue weighted by atomic mass is 35.5.